The van der Waals surface area contributed by atoms with Gasteiger partial charge in [-0.25, -0.2) is 4.68 Å². The molecule has 0 atom stereocenters. The largest absolute Gasteiger partial charge is 0.471 e. The first-order chi connectivity index (χ1) is 12.3. The number of fused-ring (bicyclic) bond motifs is 1. The Hall–Kier alpha value is -2.18. The molecule has 3 rings (SSSR count). The Morgan fingerprint density at radius 3 is 2.76 bits per heavy atom. The molecule has 2 heterocycles. The summed E-state index contributed by atoms with van der Waals surface area (Å²) in [5.74, 6) is 0.466. The van der Waals surface area contributed by atoms with Crippen LogP contribution in [0.4, 0.5) is 0 Å². The van der Waals surface area contributed by atoms with E-state index < -0.39 is 0 Å². The van der Waals surface area contributed by atoms with Crippen LogP contribution in [0.5, 0.6) is 5.88 Å². The van der Waals surface area contributed by atoms with Crippen LogP contribution in [0.3, 0.4) is 0 Å². The van der Waals surface area contributed by atoms with Gasteiger partial charge in [0.1, 0.15) is 17.3 Å². The van der Waals surface area contributed by atoms with E-state index in [1.165, 1.54) is 0 Å². The standard InChI is InChI=1S/C18H21ClN4O2/c1-24-11-7-3-6-10-23-17-15(21-22-23)12-16(19)20-18(17)25-13-14-8-4-2-5-9-14/h2,4-5,8-9,12H,3,6-7,10-11,13H2,1H3. The van der Waals surface area contributed by atoms with Crippen molar-refractivity contribution in [2.75, 3.05) is 13.7 Å². The van der Waals surface area contributed by atoms with Gasteiger partial charge in [-0.2, -0.15) is 4.98 Å². The van der Waals surface area contributed by atoms with Crippen molar-refractivity contribution in [3.63, 3.8) is 0 Å². The number of pyridine rings is 1. The molecule has 0 N–H and O–H groups in total. The molecule has 6 nitrogen and oxygen atoms in total. The molecule has 0 aliphatic carbocycles. The smallest absolute Gasteiger partial charge is 0.243 e. The first-order valence-corrected chi connectivity index (χ1v) is 8.71. The highest BCUT2D eigenvalue weighted by atomic mass is 35.5. The van der Waals surface area contributed by atoms with Crippen LogP contribution in [0.25, 0.3) is 11.0 Å². The van der Waals surface area contributed by atoms with E-state index in [0.29, 0.717) is 23.2 Å². The minimum Gasteiger partial charge on any atom is -0.471 e. The topological polar surface area (TPSA) is 62.1 Å². The molecule has 0 saturated carbocycles. The molecule has 0 saturated heterocycles. The van der Waals surface area contributed by atoms with Crippen molar-refractivity contribution in [1.82, 2.24) is 20.0 Å². The van der Waals surface area contributed by atoms with Crippen LogP contribution in [-0.4, -0.2) is 33.7 Å². The predicted molar refractivity (Wildman–Crippen MR) is 96.8 cm³/mol. The predicted octanol–water partition coefficient (Wildman–Crippen LogP) is 3.88. The number of nitrogens with zero attached hydrogens (tertiary/aromatic N) is 4. The van der Waals surface area contributed by atoms with Crippen molar-refractivity contribution in [2.24, 2.45) is 0 Å². The maximum Gasteiger partial charge on any atom is 0.243 e. The van der Waals surface area contributed by atoms with Gasteiger partial charge < -0.3 is 9.47 Å². The quantitative estimate of drug-likeness (QED) is 0.428. The summed E-state index contributed by atoms with van der Waals surface area (Å²) >= 11 is 6.09. The van der Waals surface area contributed by atoms with E-state index in [1.54, 1.807) is 13.2 Å². The van der Waals surface area contributed by atoms with Crippen LogP contribution in [0, 0.1) is 0 Å². The summed E-state index contributed by atoms with van der Waals surface area (Å²) in [6.45, 7) is 1.95. The highest BCUT2D eigenvalue weighted by molar-refractivity contribution is 6.30. The summed E-state index contributed by atoms with van der Waals surface area (Å²) in [4.78, 5) is 4.33. The van der Waals surface area contributed by atoms with Gasteiger partial charge in [0.2, 0.25) is 5.88 Å². The first kappa shape index (κ1) is 17.6. The van der Waals surface area contributed by atoms with E-state index >= 15 is 0 Å². The van der Waals surface area contributed by atoms with Crippen molar-refractivity contribution >= 4 is 22.6 Å². The van der Waals surface area contributed by atoms with Gasteiger partial charge in [-0.05, 0) is 24.8 Å². The van der Waals surface area contributed by atoms with Gasteiger partial charge in [0.05, 0.1) is 0 Å². The molecule has 1 aromatic carbocycles. The fourth-order valence-electron chi connectivity index (χ4n) is 2.61. The lowest BCUT2D eigenvalue weighted by Gasteiger charge is -2.09. The second-order valence-electron chi connectivity index (χ2n) is 5.76. The Bertz CT molecular complexity index is 807. The number of unbranched alkanes of at least 4 members (excludes halogenated alkanes) is 2. The Morgan fingerprint density at radius 2 is 1.96 bits per heavy atom. The van der Waals surface area contributed by atoms with E-state index in [-0.39, 0.29) is 0 Å². The average Bonchev–Trinajstić information content (AvgIpc) is 3.03. The summed E-state index contributed by atoms with van der Waals surface area (Å²) in [5.41, 5.74) is 2.54. The second-order valence-corrected chi connectivity index (χ2v) is 6.15. The van der Waals surface area contributed by atoms with E-state index in [4.69, 9.17) is 21.1 Å². The van der Waals surface area contributed by atoms with Crippen LogP contribution in [-0.2, 0) is 17.9 Å². The fourth-order valence-corrected chi connectivity index (χ4v) is 2.79. The lowest BCUT2D eigenvalue weighted by molar-refractivity contribution is 0.191. The SMILES string of the molecule is COCCCCCn1nnc2cc(Cl)nc(OCc3ccccc3)c21. The molecule has 0 spiro atoms. The van der Waals surface area contributed by atoms with Crippen LogP contribution < -0.4 is 4.74 Å². The summed E-state index contributed by atoms with van der Waals surface area (Å²) in [6.07, 6.45) is 3.09. The lowest BCUT2D eigenvalue weighted by Crippen LogP contribution is -2.04. The minimum absolute atomic E-state index is 0.350. The average molecular weight is 361 g/mol. The summed E-state index contributed by atoms with van der Waals surface area (Å²) in [5, 5.41) is 8.77. The van der Waals surface area contributed by atoms with E-state index in [9.17, 15) is 0 Å². The normalized spacial score (nSPS) is 11.1. The molecule has 7 heteroatoms. The molecule has 3 aromatic rings. The zero-order valence-corrected chi connectivity index (χ0v) is 14.9. The molecule has 0 amide bonds. The minimum atomic E-state index is 0.350. The third-order valence-electron chi connectivity index (χ3n) is 3.86. The van der Waals surface area contributed by atoms with Crippen molar-refractivity contribution in [3.05, 3.63) is 47.1 Å². The molecule has 25 heavy (non-hydrogen) atoms. The van der Waals surface area contributed by atoms with Crippen molar-refractivity contribution in [3.8, 4) is 5.88 Å². The van der Waals surface area contributed by atoms with Crippen LogP contribution in [0.2, 0.25) is 5.15 Å². The third-order valence-corrected chi connectivity index (χ3v) is 4.06. The number of benzene rings is 1. The van der Waals surface area contributed by atoms with Gasteiger partial charge in [-0.15, -0.1) is 5.10 Å². The highest BCUT2D eigenvalue weighted by Crippen LogP contribution is 2.26. The van der Waals surface area contributed by atoms with Crippen molar-refractivity contribution in [1.29, 1.82) is 0 Å². The number of ether oxygens (including phenoxy) is 2. The summed E-state index contributed by atoms with van der Waals surface area (Å²) in [7, 11) is 1.72. The van der Waals surface area contributed by atoms with Gasteiger partial charge in [0, 0.05) is 26.3 Å². The number of rotatable bonds is 9. The summed E-state index contributed by atoms with van der Waals surface area (Å²) in [6, 6.07) is 11.7. The summed E-state index contributed by atoms with van der Waals surface area (Å²) < 4.78 is 12.8. The second kappa shape index (κ2) is 8.78. The molecule has 0 aliphatic rings. The van der Waals surface area contributed by atoms with Gasteiger partial charge >= 0.3 is 0 Å². The molecule has 0 unspecified atom stereocenters. The maximum atomic E-state index is 6.09. The van der Waals surface area contributed by atoms with E-state index in [1.807, 2.05) is 35.0 Å². The Kier molecular flexibility index (Phi) is 6.19. The lowest BCUT2D eigenvalue weighted by atomic mass is 10.2. The van der Waals surface area contributed by atoms with Crippen LogP contribution in [0.1, 0.15) is 24.8 Å². The Labute approximate surface area is 151 Å². The maximum absolute atomic E-state index is 6.09. The van der Waals surface area contributed by atoms with Crippen molar-refractivity contribution < 1.29 is 9.47 Å². The molecular formula is C18H21ClN4O2. The molecular weight excluding hydrogens is 340 g/mol. The molecule has 0 fully saturated rings. The van der Waals surface area contributed by atoms with Crippen LogP contribution in [0.15, 0.2) is 36.4 Å². The Morgan fingerprint density at radius 1 is 1.12 bits per heavy atom. The van der Waals surface area contributed by atoms with Gasteiger partial charge in [-0.3, -0.25) is 0 Å². The number of hydrogen-bond acceptors (Lipinski definition) is 5. The van der Waals surface area contributed by atoms with E-state index in [2.05, 4.69) is 15.3 Å². The van der Waals surface area contributed by atoms with Gasteiger partial charge in [-0.1, -0.05) is 47.1 Å². The monoisotopic (exact) mass is 360 g/mol. The number of aromatic nitrogens is 4. The zero-order chi connectivity index (χ0) is 17.5. The van der Waals surface area contributed by atoms with Gasteiger partial charge in [0.15, 0.2) is 5.52 Å². The number of halogens is 1. The van der Waals surface area contributed by atoms with Crippen LogP contribution >= 0.6 is 11.6 Å². The highest BCUT2D eigenvalue weighted by Gasteiger charge is 2.14. The fraction of sp³-hybridized carbons (Fsp3) is 0.389. The number of methoxy groups -OCH3 is 1. The number of aryl methyl sites for hydroxylation is 1. The Balaban J connectivity index is 1.75. The number of hydrogen-bond donors (Lipinski definition) is 0. The third kappa shape index (κ3) is 4.67. The van der Waals surface area contributed by atoms with E-state index in [0.717, 1.165) is 43.5 Å². The van der Waals surface area contributed by atoms with Gasteiger partial charge in [0.25, 0.3) is 0 Å². The van der Waals surface area contributed by atoms with Crippen molar-refractivity contribution in [2.45, 2.75) is 32.4 Å². The molecule has 0 radical (unpaired) electrons. The zero-order valence-electron chi connectivity index (χ0n) is 14.2. The molecule has 2 aromatic heterocycles. The molecule has 0 aliphatic heterocycles. The molecule has 0 bridgehead atoms. The molecule has 132 valence electrons. The first-order valence-electron chi connectivity index (χ1n) is 8.33.